The van der Waals surface area contributed by atoms with Gasteiger partial charge in [-0.05, 0) is 53.4 Å². The van der Waals surface area contributed by atoms with Crippen LogP contribution in [0.3, 0.4) is 0 Å². The van der Waals surface area contributed by atoms with Crippen molar-refractivity contribution in [1.82, 2.24) is 0 Å². The number of esters is 1. The van der Waals surface area contributed by atoms with E-state index in [0.29, 0.717) is 30.2 Å². The average Bonchev–Trinajstić information content (AvgIpc) is 2.87. The zero-order valence-corrected chi connectivity index (χ0v) is 12.0. The second-order valence-corrected chi connectivity index (χ2v) is 6.46. The number of ether oxygens (including phenoxy) is 1. The summed E-state index contributed by atoms with van der Waals surface area (Å²) < 4.78 is 10.5. The van der Waals surface area contributed by atoms with Crippen LogP contribution in [0.5, 0.6) is 0 Å². The maximum absolute atomic E-state index is 12.0. The van der Waals surface area contributed by atoms with Gasteiger partial charge in [0.25, 0.3) is 0 Å². The van der Waals surface area contributed by atoms with E-state index >= 15 is 0 Å². The van der Waals surface area contributed by atoms with E-state index in [2.05, 4.69) is 0 Å². The fourth-order valence-corrected chi connectivity index (χ4v) is 3.74. The summed E-state index contributed by atoms with van der Waals surface area (Å²) >= 11 is 1.96. The maximum atomic E-state index is 12.0. The molecule has 2 heterocycles. The number of benzene rings is 1. The van der Waals surface area contributed by atoms with E-state index in [4.69, 9.17) is 9.39 Å². The molecule has 106 valence electrons. The first-order chi connectivity index (χ1) is 9.74. The first kappa shape index (κ1) is 14.0. The summed E-state index contributed by atoms with van der Waals surface area (Å²) in [6.07, 6.45) is 2.24. The maximum Gasteiger partial charge on any atom is 0.491 e. The van der Waals surface area contributed by atoms with Crippen LogP contribution in [0.15, 0.2) is 18.2 Å². The summed E-state index contributed by atoms with van der Waals surface area (Å²) in [4.78, 5) is 12.0. The van der Waals surface area contributed by atoms with Crippen molar-refractivity contribution >= 4 is 30.3 Å². The Morgan fingerprint density at radius 2 is 2.25 bits per heavy atom. The van der Waals surface area contributed by atoms with E-state index < -0.39 is 7.12 Å². The summed E-state index contributed by atoms with van der Waals surface area (Å²) in [6, 6.07) is 5.23. The first-order valence-corrected chi connectivity index (χ1v) is 8.07. The van der Waals surface area contributed by atoms with Gasteiger partial charge in [0.1, 0.15) is 0 Å². The van der Waals surface area contributed by atoms with Crippen LogP contribution in [-0.2, 0) is 16.0 Å². The average molecular weight is 292 g/mol. The highest BCUT2D eigenvalue weighted by molar-refractivity contribution is 7.99. The molecular weight excluding hydrogens is 275 g/mol. The molecule has 1 N–H and O–H groups in total. The van der Waals surface area contributed by atoms with Gasteiger partial charge in [-0.15, -0.1) is 0 Å². The molecule has 1 aromatic carbocycles. The third-order valence-electron chi connectivity index (χ3n) is 3.84. The molecule has 1 fully saturated rings. The van der Waals surface area contributed by atoms with Gasteiger partial charge in [0, 0.05) is 0 Å². The van der Waals surface area contributed by atoms with Crippen LogP contribution < -0.4 is 5.46 Å². The second kappa shape index (κ2) is 6.20. The minimum Gasteiger partial charge on any atom is -0.462 e. The first-order valence-electron chi connectivity index (χ1n) is 6.91. The third kappa shape index (κ3) is 3.02. The van der Waals surface area contributed by atoms with Crippen LogP contribution in [0.25, 0.3) is 0 Å². The largest absolute Gasteiger partial charge is 0.491 e. The number of carbonyl (C=O) groups excluding carboxylic acids is 1. The van der Waals surface area contributed by atoms with Crippen molar-refractivity contribution in [3.63, 3.8) is 0 Å². The lowest BCUT2D eigenvalue weighted by molar-refractivity contribution is 0.0433. The van der Waals surface area contributed by atoms with Crippen molar-refractivity contribution in [1.29, 1.82) is 0 Å². The summed E-state index contributed by atoms with van der Waals surface area (Å²) in [7, 11) is -0.923. The van der Waals surface area contributed by atoms with Gasteiger partial charge in [-0.3, -0.25) is 0 Å². The zero-order chi connectivity index (χ0) is 13.9. The molecule has 20 heavy (non-hydrogen) atoms. The van der Waals surface area contributed by atoms with Crippen LogP contribution in [-0.4, -0.2) is 36.2 Å². The van der Waals surface area contributed by atoms with Crippen molar-refractivity contribution in [3.05, 3.63) is 29.3 Å². The molecule has 0 bridgehead atoms. The fourth-order valence-electron chi connectivity index (χ4n) is 2.53. The molecule has 4 nitrogen and oxygen atoms in total. The van der Waals surface area contributed by atoms with Gasteiger partial charge in [-0.2, -0.15) is 11.8 Å². The summed E-state index contributed by atoms with van der Waals surface area (Å²) in [6.45, 7) is 0.890. The molecule has 0 radical (unpaired) electrons. The van der Waals surface area contributed by atoms with E-state index in [-0.39, 0.29) is 5.97 Å². The zero-order valence-electron chi connectivity index (χ0n) is 11.2. The van der Waals surface area contributed by atoms with Gasteiger partial charge in [0.05, 0.1) is 18.8 Å². The number of carbonyl (C=O) groups is 1. The smallest absolute Gasteiger partial charge is 0.462 e. The van der Waals surface area contributed by atoms with Gasteiger partial charge < -0.3 is 14.4 Å². The minimum absolute atomic E-state index is 0.315. The van der Waals surface area contributed by atoms with E-state index in [1.807, 2.05) is 17.8 Å². The Labute approximate surface area is 123 Å². The highest BCUT2D eigenvalue weighted by atomic mass is 32.2. The third-order valence-corrected chi connectivity index (χ3v) is 4.88. The van der Waals surface area contributed by atoms with Gasteiger partial charge >= 0.3 is 13.1 Å². The molecule has 3 rings (SSSR count). The number of hydrogen-bond donors (Lipinski definition) is 1. The quantitative estimate of drug-likeness (QED) is 0.670. The van der Waals surface area contributed by atoms with Crippen LogP contribution in [0.2, 0.25) is 0 Å². The lowest BCUT2D eigenvalue weighted by Crippen LogP contribution is -2.29. The predicted molar refractivity (Wildman–Crippen MR) is 79.2 cm³/mol. The molecule has 2 aliphatic rings. The molecule has 0 atom stereocenters. The van der Waals surface area contributed by atoms with E-state index in [1.54, 1.807) is 12.1 Å². The monoisotopic (exact) mass is 292 g/mol. The lowest BCUT2D eigenvalue weighted by atomic mass is 9.79. The topological polar surface area (TPSA) is 55.8 Å². The number of hydrogen-bond acceptors (Lipinski definition) is 5. The summed E-state index contributed by atoms with van der Waals surface area (Å²) in [5, 5.41) is 9.64. The number of thioether (sulfide) groups is 1. The van der Waals surface area contributed by atoms with Crippen molar-refractivity contribution < 1.29 is 19.2 Å². The lowest BCUT2D eigenvalue weighted by Gasteiger charge is -2.20. The Bertz CT molecular complexity index is 502. The minimum atomic E-state index is -0.923. The molecule has 0 amide bonds. The van der Waals surface area contributed by atoms with Crippen molar-refractivity contribution in [3.8, 4) is 0 Å². The van der Waals surface area contributed by atoms with E-state index in [1.165, 1.54) is 0 Å². The SMILES string of the molecule is O=C(OCC1CCSCC1)c1ccc2c(c1)B(O)OC2. The molecule has 0 spiro atoms. The molecule has 6 heteroatoms. The van der Waals surface area contributed by atoms with Crippen molar-refractivity contribution in [2.24, 2.45) is 5.92 Å². The highest BCUT2D eigenvalue weighted by Crippen LogP contribution is 2.23. The Hall–Kier alpha value is -0.975. The molecule has 0 aliphatic carbocycles. The van der Waals surface area contributed by atoms with E-state index in [9.17, 15) is 9.82 Å². The normalized spacial score (nSPS) is 18.9. The predicted octanol–water partition coefficient (Wildman–Crippen LogP) is 1.20. The Morgan fingerprint density at radius 3 is 3.05 bits per heavy atom. The summed E-state index contributed by atoms with van der Waals surface area (Å²) in [5.41, 5.74) is 2.09. The molecule has 0 unspecified atom stereocenters. The van der Waals surface area contributed by atoms with E-state index in [0.717, 1.165) is 29.9 Å². The van der Waals surface area contributed by atoms with Crippen LogP contribution in [0.4, 0.5) is 0 Å². The van der Waals surface area contributed by atoms with Gasteiger partial charge in [-0.25, -0.2) is 4.79 Å². The number of fused-ring (bicyclic) bond motifs is 1. The van der Waals surface area contributed by atoms with Gasteiger partial charge in [-0.1, -0.05) is 6.07 Å². The van der Waals surface area contributed by atoms with Gasteiger partial charge in [0.2, 0.25) is 0 Å². The van der Waals surface area contributed by atoms with Crippen molar-refractivity contribution in [2.75, 3.05) is 18.1 Å². The molecule has 1 aromatic rings. The standard InChI is InChI=1S/C14H17BO4S/c16-14(18-8-10-3-5-20-6-4-10)11-1-2-12-9-19-15(17)13(12)7-11/h1-2,7,10,17H,3-6,8-9H2. The summed E-state index contributed by atoms with van der Waals surface area (Å²) in [5.74, 6) is 2.49. The van der Waals surface area contributed by atoms with Crippen LogP contribution >= 0.6 is 11.8 Å². The Balaban J connectivity index is 1.61. The Kier molecular flexibility index (Phi) is 4.34. The molecule has 0 aromatic heterocycles. The van der Waals surface area contributed by atoms with Crippen LogP contribution in [0, 0.1) is 5.92 Å². The second-order valence-electron chi connectivity index (χ2n) is 5.23. The number of rotatable bonds is 3. The Morgan fingerprint density at radius 1 is 1.45 bits per heavy atom. The van der Waals surface area contributed by atoms with Crippen LogP contribution in [0.1, 0.15) is 28.8 Å². The molecular formula is C14H17BO4S. The highest BCUT2D eigenvalue weighted by Gasteiger charge is 2.28. The molecule has 1 saturated heterocycles. The van der Waals surface area contributed by atoms with Crippen molar-refractivity contribution in [2.45, 2.75) is 19.4 Å². The fraction of sp³-hybridized carbons (Fsp3) is 0.500. The van der Waals surface area contributed by atoms with Gasteiger partial charge in [0.15, 0.2) is 0 Å². The molecule has 2 aliphatic heterocycles. The molecule has 0 saturated carbocycles.